The second kappa shape index (κ2) is 13.6. The summed E-state index contributed by atoms with van der Waals surface area (Å²) >= 11 is 6.03. The number of nitrogens with one attached hydrogen (secondary N) is 1. The van der Waals surface area contributed by atoms with Crippen molar-refractivity contribution >= 4 is 23.4 Å². The van der Waals surface area contributed by atoms with Crippen molar-refractivity contribution in [3.05, 3.63) is 136 Å². The summed E-state index contributed by atoms with van der Waals surface area (Å²) in [7, 11) is 1.58. The lowest BCUT2D eigenvalue weighted by molar-refractivity contribution is -0.140. The lowest BCUT2D eigenvalue weighted by Gasteiger charge is -2.32. The van der Waals surface area contributed by atoms with Crippen LogP contribution < -0.4 is 10.1 Å². The van der Waals surface area contributed by atoms with Gasteiger partial charge in [-0.1, -0.05) is 84.4 Å². The second-order valence-electron chi connectivity index (χ2n) is 9.19. The maximum absolute atomic E-state index is 13.8. The molecule has 7 heteroatoms. The van der Waals surface area contributed by atoms with Crippen molar-refractivity contribution in [1.29, 1.82) is 0 Å². The molecule has 0 saturated heterocycles. The SMILES string of the molecule is COc1ccccc1CNC(=O)C(Cc1ccccc1)N(Cc1ccc(F)cc1)C(=O)Cc1ccc(Cl)cc1. The summed E-state index contributed by atoms with van der Waals surface area (Å²) in [6.45, 7) is 0.385. The van der Waals surface area contributed by atoms with Crippen LogP contribution in [0.5, 0.6) is 5.75 Å². The first kappa shape index (κ1) is 27.9. The predicted molar refractivity (Wildman–Crippen MR) is 151 cm³/mol. The maximum Gasteiger partial charge on any atom is 0.243 e. The van der Waals surface area contributed by atoms with E-state index in [1.165, 1.54) is 12.1 Å². The summed E-state index contributed by atoms with van der Waals surface area (Å²) in [4.78, 5) is 29.2. The Labute approximate surface area is 233 Å². The largest absolute Gasteiger partial charge is 0.496 e. The average Bonchev–Trinajstić information content (AvgIpc) is 2.96. The molecule has 0 spiro atoms. The van der Waals surface area contributed by atoms with Gasteiger partial charge in [0.1, 0.15) is 17.6 Å². The quantitative estimate of drug-likeness (QED) is 0.252. The molecular formula is C32H30ClFN2O3. The van der Waals surface area contributed by atoms with Crippen LogP contribution in [0.25, 0.3) is 0 Å². The number of hydrogen-bond donors (Lipinski definition) is 1. The highest BCUT2D eigenvalue weighted by molar-refractivity contribution is 6.30. The van der Waals surface area contributed by atoms with Gasteiger partial charge >= 0.3 is 0 Å². The Bertz CT molecular complexity index is 1380. The van der Waals surface area contributed by atoms with Crippen molar-refractivity contribution in [1.82, 2.24) is 10.2 Å². The highest BCUT2D eigenvalue weighted by Crippen LogP contribution is 2.20. The number of rotatable bonds is 11. The number of carbonyl (C=O) groups excluding carboxylic acids is 2. The van der Waals surface area contributed by atoms with Gasteiger partial charge in [0.15, 0.2) is 0 Å². The van der Waals surface area contributed by atoms with Gasteiger partial charge in [0.2, 0.25) is 11.8 Å². The smallest absolute Gasteiger partial charge is 0.243 e. The Morgan fingerprint density at radius 1 is 0.846 bits per heavy atom. The zero-order valence-corrected chi connectivity index (χ0v) is 22.4. The van der Waals surface area contributed by atoms with Crippen LogP contribution in [0.1, 0.15) is 22.3 Å². The van der Waals surface area contributed by atoms with Gasteiger partial charge < -0.3 is 15.0 Å². The molecule has 1 unspecified atom stereocenters. The lowest BCUT2D eigenvalue weighted by Crippen LogP contribution is -2.50. The molecule has 0 heterocycles. The third kappa shape index (κ3) is 7.91. The number of ether oxygens (including phenoxy) is 1. The third-order valence-electron chi connectivity index (χ3n) is 6.45. The first-order valence-corrected chi connectivity index (χ1v) is 13.0. The number of halogens is 2. The summed E-state index contributed by atoms with van der Waals surface area (Å²) in [6.07, 6.45) is 0.398. The van der Waals surface area contributed by atoms with Crippen LogP contribution >= 0.6 is 11.6 Å². The van der Waals surface area contributed by atoms with E-state index >= 15 is 0 Å². The standard InChI is InChI=1S/C32H30ClFN2O3/c1-39-30-10-6-5-9-26(30)21-35-32(38)29(19-23-7-3-2-4-8-23)36(22-25-13-17-28(34)18-14-25)31(37)20-24-11-15-27(33)16-12-24/h2-18,29H,19-22H2,1H3,(H,35,38). The van der Waals surface area contributed by atoms with Gasteiger partial charge in [-0.05, 0) is 47.0 Å². The minimum atomic E-state index is -0.813. The molecule has 0 aliphatic heterocycles. The van der Waals surface area contributed by atoms with Gasteiger partial charge in [-0.25, -0.2) is 4.39 Å². The molecule has 5 nitrogen and oxygen atoms in total. The minimum Gasteiger partial charge on any atom is -0.496 e. The fourth-order valence-electron chi connectivity index (χ4n) is 4.37. The molecule has 4 aromatic carbocycles. The first-order chi connectivity index (χ1) is 18.9. The summed E-state index contributed by atoms with van der Waals surface area (Å²) in [5.74, 6) is -0.223. The van der Waals surface area contributed by atoms with Gasteiger partial charge in [-0.2, -0.15) is 0 Å². The van der Waals surface area contributed by atoms with E-state index in [-0.39, 0.29) is 37.1 Å². The molecule has 0 aromatic heterocycles. The molecule has 4 rings (SSSR count). The Morgan fingerprint density at radius 3 is 2.18 bits per heavy atom. The second-order valence-corrected chi connectivity index (χ2v) is 9.62. The number of carbonyl (C=O) groups is 2. The van der Waals surface area contributed by atoms with Gasteiger partial charge in [0.05, 0.1) is 13.5 Å². The average molecular weight is 545 g/mol. The van der Waals surface area contributed by atoms with Crippen LogP contribution in [0.4, 0.5) is 4.39 Å². The molecule has 0 bridgehead atoms. The van der Waals surface area contributed by atoms with Crippen LogP contribution in [0.15, 0.2) is 103 Å². The predicted octanol–water partition coefficient (Wildman–Crippen LogP) is 5.99. The molecule has 0 radical (unpaired) electrons. The van der Waals surface area contributed by atoms with Crippen LogP contribution in [-0.4, -0.2) is 29.9 Å². The summed E-state index contributed by atoms with van der Waals surface area (Å²) in [6, 6.07) is 29.2. The molecule has 0 saturated carbocycles. The normalized spacial score (nSPS) is 11.5. The molecule has 39 heavy (non-hydrogen) atoms. The molecule has 0 fully saturated rings. The van der Waals surface area contributed by atoms with Crippen molar-refractivity contribution in [2.45, 2.75) is 32.0 Å². The lowest BCUT2D eigenvalue weighted by atomic mass is 10.0. The number of benzene rings is 4. The van der Waals surface area contributed by atoms with Crippen molar-refractivity contribution in [2.75, 3.05) is 7.11 Å². The minimum absolute atomic E-state index is 0.0867. The molecule has 4 aromatic rings. The van der Waals surface area contributed by atoms with Crippen molar-refractivity contribution in [3.63, 3.8) is 0 Å². The molecule has 200 valence electrons. The van der Waals surface area contributed by atoms with E-state index in [1.807, 2.05) is 54.6 Å². The van der Waals surface area contributed by atoms with Gasteiger partial charge in [-0.15, -0.1) is 0 Å². The topological polar surface area (TPSA) is 58.6 Å². The van der Waals surface area contributed by atoms with E-state index in [2.05, 4.69) is 5.32 Å². The number of hydrogen-bond acceptors (Lipinski definition) is 3. The summed E-state index contributed by atoms with van der Waals surface area (Å²) in [5, 5.41) is 3.58. The first-order valence-electron chi connectivity index (χ1n) is 12.6. The van der Waals surface area contributed by atoms with Crippen LogP contribution in [-0.2, 0) is 35.5 Å². The molecule has 1 N–H and O–H groups in total. The molecule has 1 atom stereocenters. The van der Waals surface area contributed by atoms with Gasteiger partial charge in [-0.3, -0.25) is 9.59 Å². The Morgan fingerprint density at radius 2 is 1.49 bits per heavy atom. The summed E-state index contributed by atoms with van der Waals surface area (Å²) < 4.78 is 19.1. The Balaban J connectivity index is 1.65. The van der Waals surface area contributed by atoms with Gasteiger partial charge in [0.25, 0.3) is 0 Å². The van der Waals surface area contributed by atoms with Crippen molar-refractivity contribution < 1.29 is 18.7 Å². The monoisotopic (exact) mass is 544 g/mol. The fraction of sp³-hybridized carbons (Fsp3) is 0.188. The van der Waals surface area contributed by atoms with E-state index in [1.54, 1.807) is 48.4 Å². The molecule has 0 aliphatic rings. The number of para-hydroxylation sites is 1. The third-order valence-corrected chi connectivity index (χ3v) is 6.70. The zero-order valence-electron chi connectivity index (χ0n) is 21.6. The van der Waals surface area contributed by atoms with Crippen LogP contribution in [0.2, 0.25) is 5.02 Å². The van der Waals surface area contributed by atoms with Crippen LogP contribution in [0.3, 0.4) is 0 Å². The number of amides is 2. The van der Waals surface area contributed by atoms with E-state index < -0.39 is 6.04 Å². The highest BCUT2D eigenvalue weighted by atomic mass is 35.5. The molecule has 2 amide bonds. The Hall–Kier alpha value is -4.16. The van der Waals surface area contributed by atoms with Crippen LogP contribution in [0, 0.1) is 5.82 Å². The van der Waals surface area contributed by atoms with Gasteiger partial charge in [0, 0.05) is 30.1 Å². The van der Waals surface area contributed by atoms with E-state index in [9.17, 15) is 14.0 Å². The molecular weight excluding hydrogens is 515 g/mol. The highest BCUT2D eigenvalue weighted by Gasteiger charge is 2.30. The number of nitrogens with zero attached hydrogens (tertiary/aromatic N) is 1. The molecule has 0 aliphatic carbocycles. The van der Waals surface area contributed by atoms with Crippen molar-refractivity contribution in [2.24, 2.45) is 0 Å². The van der Waals surface area contributed by atoms with Crippen molar-refractivity contribution in [3.8, 4) is 5.75 Å². The number of methoxy groups -OCH3 is 1. The zero-order chi connectivity index (χ0) is 27.6. The fourth-order valence-corrected chi connectivity index (χ4v) is 4.49. The van der Waals surface area contributed by atoms with E-state index in [4.69, 9.17) is 16.3 Å². The summed E-state index contributed by atoms with van der Waals surface area (Å²) in [5.41, 5.74) is 3.24. The maximum atomic E-state index is 13.8. The van der Waals surface area contributed by atoms with E-state index in [0.717, 1.165) is 22.3 Å². The van der Waals surface area contributed by atoms with E-state index in [0.29, 0.717) is 17.2 Å². The Kier molecular flexibility index (Phi) is 9.70.